The number of alkyl halides is 3. The Kier molecular flexibility index (Phi) is 3.42. The number of ether oxygens (including phenoxy) is 3. The fraction of sp³-hybridized carbons (Fsp3) is 0.364. The van der Waals surface area contributed by atoms with E-state index in [2.05, 4.69) is 4.74 Å². The maximum atomic E-state index is 12.0. The monoisotopic (exact) mass is 262 g/mol. The van der Waals surface area contributed by atoms with Gasteiger partial charge in [-0.3, -0.25) is 0 Å². The van der Waals surface area contributed by atoms with E-state index in [0.29, 0.717) is 13.0 Å². The van der Waals surface area contributed by atoms with Crippen LogP contribution in [0.5, 0.6) is 5.75 Å². The Morgan fingerprint density at radius 3 is 2.67 bits per heavy atom. The highest BCUT2D eigenvalue weighted by molar-refractivity contribution is 5.89. The molecule has 0 aromatic heterocycles. The van der Waals surface area contributed by atoms with Gasteiger partial charge in [0.1, 0.15) is 5.75 Å². The van der Waals surface area contributed by atoms with Crippen LogP contribution in [0, 0.1) is 0 Å². The topological polar surface area (TPSA) is 44.8 Å². The molecule has 98 valence electrons. The fourth-order valence-electron chi connectivity index (χ4n) is 1.31. The van der Waals surface area contributed by atoms with E-state index < -0.39 is 24.4 Å². The summed E-state index contributed by atoms with van der Waals surface area (Å²) in [6.07, 6.45) is -4.81. The number of hydrogen-bond donors (Lipinski definition) is 0. The Labute approximate surface area is 100 Å². The summed E-state index contributed by atoms with van der Waals surface area (Å²) in [7, 11) is 0. The van der Waals surface area contributed by atoms with Crippen molar-refractivity contribution in [1.29, 1.82) is 0 Å². The zero-order valence-electron chi connectivity index (χ0n) is 9.07. The molecule has 0 radical (unpaired) electrons. The molecule has 7 heteroatoms. The van der Waals surface area contributed by atoms with E-state index in [1.54, 1.807) is 0 Å². The second-order valence-electron chi connectivity index (χ2n) is 3.57. The molecule has 0 aliphatic carbocycles. The van der Waals surface area contributed by atoms with Crippen molar-refractivity contribution in [3.63, 3.8) is 0 Å². The molecule has 1 aliphatic rings. The van der Waals surface area contributed by atoms with Gasteiger partial charge in [-0.05, 0) is 18.2 Å². The van der Waals surface area contributed by atoms with E-state index in [4.69, 9.17) is 9.47 Å². The molecule has 0 amide bonds. The van der Waals surface area contributed by atoms with Crippen molar-refractivity contribution in [2.75, 3.05) is 6.61 Å². The van der Waals surface area contributed by atoms with Gasteiger partial charge < -0.3 is 14.2 Å². The largest absolute Gasteiger partial charge is 0.573 e. The van der Waals surface area contributed by atoms with Crippen molar-refractivity contribution in [2.24, 2.45) is 0 Å². The first kappa shape index (κ1) is 12.7. The van der Waals surface area contributed by atoms with E-state index >= 15 is 0 Å². The maximum absolute atomic E-state index is 12.0. The first-order chi connectivity index (χ1) is 8.44. The van der Waals surface area contributed by atoms with Gasteiger partial charge in [0.05, 0.1) is 12.2 Å². The lowest BCUT2D eigenvalue weighted by Gasteiger charge is -2.25. The molecule has 18 heavy (non-hydrogen) atoms. The average molecular weight is 262 g/mol. The van der Waals surface area contributed by atoms with Crippen molar-refractivity contribution >= 4 is 5.97 Å². The third kappa shape index (κ3) is 3.36. The normalized spacial score (nSPS) is 18.9. The molecule has 1 aromatic carbocycles. The molecule has 1 heterocycles. The predicted molar refractivity (Wildman–Crippen MR) is 52.9 cm³/mol. The minimum absolute atomic E-state index is 0.0211. The van der Waals surface area contributed by atoms with E-state index in [9.17, 15) is 18.0 Å². The molecule has 0 saturated carbocycles. The lowest BCUT2D eigenvalue weighted by atomic mass is 10.2. The zero-order chi connectivity index (χ0) is 13.2. The second kappa shape index (κ2) is 4.85. The van der Waals surface area contributed by atoms with Gasteiger partial charge in [-0.15, -0.1) is 13.2 Å². The number of hydrogen-bond acceptors (Lipinski definition) is 4. The van der Waals surface area contributed by atoms with E-state index in [1.807, 2.05) is 0 Å². The third-order valence-corrected chi connectivity index (χ3v) is 2.20. The van der Waals surface area contributed by atoms with Crippen molar-refractivity contribution < 1.29 is 32.2 Å². The molecule has 1 saturated heterocycles. The van der Waals surface area contributed by atoms with Gasteiger partial charge in [-0.25, -0.2) is 4.79 Å². The van der Waals surface area contributed by atoms with Crippen molar-refractivity contribution in [1.82, 2.24) is 0 Å². The number of halogens is 3. The molecule has 0 N–H and O–H groups in total. The number of benzene rings is 1. The zero-order valence-corrected chi connectivity index (χ0v) is 9.07. The number of carbonyl (C=O) groups is 1. The number of esters is 1. The van der Waals surface area contributed by atoms with Crippen LogP contribution in [0.15, 0.2) is 24.3 Å². The number of carbonyl (C=O) groups excluding carboxylic acids is 1. The minimum atomic E-state index is -4.79. The predicted octanol–water partition coefficient (Wildman–Crippen LogP) is 2.49. The lowest BCUT2D eigenvalue weighted by molar-refractivity contribution is -0.274. The molecule has 4 nitrogen and oxygen atoms in total. The quantitative estimate of drug-likeness (QED) is 0.785. The molecule has 1 atom stereocenters. The molecular weight excluding hydrogens is 253 g/mol. The summed E-state index contributed by atoms with van der Waals surface area (Å²) in [5.74, 6) is -1.21. The van der Waals surface area contributed by atoms with Crippen LogP contribution in [0.3, 0.4) is 0 Å². The lowest BCUT2D eigenvalue weighted by Crippen LogP contribution is -2.31. The van der Waals surface area contributed by atoms with Gasteiger partial charge in [0, 0.05) is 6.42 Å². The molecule has 1 aliphatic heterocycles. The van der Waals surface area contributed by atoms with Crippen molar-refractivity contribution in [3.8, 4) is 5.75 Å². The Bertz CT molecular complexity index is 440. The summed E-state index contributed by atoms with van der Waals surface area (Å²) in [5.41, 5.74) is -0.0211. The molecule has 2 rings (SSSR count). The molecule has 1 unspecified atom stereocenters. The molecule has 1 aromatic rings. The summed E-state index contributed by atoms with van der Waals surface area (Å²) in [4.78, 5) is 11.5. The van der Waals surface area contributed by atoms with Crippen molar-refractivity contribution in [2.45, 2.75) is 19.1 Å². The summed E-state index contributed by atoms with van der Waals surface area (Å²) in [6.45, 7) is 0.509. The number of rotatable bonds is 3. The first-order valence-electron chi connectivity index (χ1n) is 5.12. The van der Waals surface area contributed by atoms with Crippen LogP contribution in [-0.2, 0) is 9.47 Å². The highest BCUT2D eigenvalue weighted by atomic mass is 19.4. The van der Waals surface area contributed by atoms with Crippen LogP contribution < -0.4 is 4.74 Å². The third-order valence-electron chi connectivity index (χ3n) is 2.20. The summed E-state index contributed by atoms with van der Waals surface area (Å²) >= 11 is 0. The Hall–Kier alpha value is -1.76. The molecule has 1 fully saturated rings. The van der Waals surface area contributed by atoms with Crippen molar-refractivity contribution in [3.05, 3.63) is 29.8 Å². The Morgan fingerprint density at radius 1 is 1.39 bits per heavy atom. The van der Waals surface area contributed by atoms with Crippen LogP contribution in [0.25, 0.3) is 0 Å². The maximum Gasteiger partial charge on any atom is 0.573 e. The van der Waals surface area contributed by atoms with Crippen LogP contribution in [0.2, 0.25) is 0 Å². The van der Waals surface area contributed by atoms with Crippen LogP contribution in [-0.4, -0.2) is 25.2 Å². The van der Waals surface area contributed by atoms with Gasteiger partial charge in [0.25, 0.3) is 0 Å². The van der Waals surface area contributed by atoms with Gasteiger partial charge in [-0.1, -0.05) is 6.07 Å². The van der Waals surface area contributed by atoms with Crippen LogP contribution >= 0.6 is 0 Å². The first-order valence-corrected chi connectivity index (χ1v) is 5.12. The summed E-state index contributed by atoms with van der Waals surface area (Å²) in [5, 5.41) is 0. The van der Waals surface area contributed by atoms with E-state index in [1.165, 1.54) is 12.1 Å². The minimum Gasteiger partial charge on any atom is -0.432 e. The molecule has 0 bridgehead atoms. The fourth-order valence-corrected chi connectivity index (χ4v) is 1.31. The summed E-state index contributed by atoms with van der Waals surface area (Å²) in [6, 6.07) is 4.68. The van der Waals surface area contributed by atoms with E-state index in [0.717, 1.165) is 12.1 Å². The standard InChI is InChI=1S/C11H9F3O4/c12-11(13,14)18-8-3-1-2-7(6-8)10(15)17-9-4-5-16-9/h1-3,6,9H,4-5H2. The highest BCUT2D eigenvalue weighted by Gasteiger charge is 2.31. The van der Waals surface area contributed by atoms with Gasteiger partial charge in [0.15, 0.2) is 0 Å². The second-order valence-corrected chi connectivity index (χ2v) is 3.57. The average Bonchev–Trinajstić information content (AvgIpc) is 2.21. The van der Waals surface area contributed by atoms with Gasteiger partial charge in [0.2, 0.25) is 6.29 Å². The smallest absolute Gasteiger partial charge is 0.432 e. The summed E-state index contributed by atoms with van der Waals surface area (Å²) < 4.78 is 49.4. The van der Waals surface area contributed by atoms with Crippen LogP contribution in [0.4, 0.5) is 13.2 Å². The van der Waals surface area contributed by atoms with Crippen LogP contribution in [0.1, 0.15) is 16.8 Å². The molecule has 0 spiro atoms. The van der Waals surface area contributed by atoms with Gasteiger partial charge in [-0.2, -0.15) is 0 Å². The molecular formula is C11H9F3O4. The highest BCUT2D eigenvalue weighted by Crippen LogP contribution is 2.24. The van der Waals surface area contributed by atoms with Gasteiger partial charge >= 0.3 is 12.3 Å². The Balaban J connectivity index is 2.03. The SMILES string of the molecule is O=C(OC1CCO1)c1cccc(OC(F)(F)F)c1. The van der Waals surface area contributed by atoms with E-state index in [-0.39, 0.29) is 5.56 Å². The Morgan fingerprint density at radius 2 is 2.11 bits per heavy atom.